The summed E-state index contributed by atoms with van der Waals surface area (Å²) in [4.78, 5) is -0.424. The Hall–Kier alpha value is -0.750. The Balaban J connectivity index is 3.07. The summed E-state index contributed by atoms with van der Waals surface area (Å²) >= 11 is 5.48. The minimum Gasteiger partial charge on any atom is -0.223 e. The van der Waals surface area contributed by atoms with Crippen LogP contribution in [-0.4, -0.2) is 20.3 Å². The summed E-state index contributed by atoms with van der Waals surface area (Å²) in [6.45, 7) is 0. The van der Waals surface area contributed by atoms with Crippen molar-refractivity contribution in [2.24, 2.45) is 0 Å². The zero-order valence-electron chi connectivity index (χ0n) is 7.25. The average molecular weight is 259 g/mol. The maximum Gasteiger partial charge on any atom is 0.403 e. The Kier molecular flexibility index (Phi) is 3.30. The number of hydrogen-bond acceptors (Lipinski definition) is 2. The molecule has 1 rings (SSSR count). The summed E-state index contributed by atoms with van der Waals surface area (Å²) in [6.07, 6.45) is -4.75. The minimum absolute atomic E-state index is 0.0817. The summed E-state index contributed by atoms with van der Waals surface area (Å²) in [7, 11) is -4.35. The van der Waals surface area contributed by atoms with Gasteiger partial charge in [-0.15, -0.1) is 0 Å². The third kappa shape index (κ3) is 3.71. The van der Waals surface area contributed by atoms with Crippen LogP contribution in [0.25, 0.3) is 0 Å². The molecule has 15 heavy (non-hydrogen) atoms. The predicted octanol–water partition coefficient (Wildman–Crippen LogP) is 2.68. The second-order valence-corrected chi connectivity index (χ2v) is 5.26. The molecule has 7 heteroatoms. The van der Waals surface area contributed by atoms with Gasteiger partial charge in [0.2, 0.25) is 0 Å². The molecule has 0 amide bonds. The highest BCUT2D eigenvalue weighted by molar-refractivity contribution is 7.91. The standard InChI is InChI=1S/C8H6ClF3O2S/c9-6-2-1-3-7(4-6)15(13,14)5-8(10,11)12/h1-4H,5H2. The summed E-state index contributed by atoms with van der Waals surface area (Å²) in [5, 5.41) is 0.0817. The molecule has 0 heterocycles. The van der Waals surface area contributed by atoms with Crippen molar-refractivity contribution in [1.82, 2.24) is 0 Å². The van der Waals surface area contributed by atoms with Gasteiger partial charge in [-0.3, -0.25) is 0 Å². The predicted molar refractivity (Wildman–Crippen MR) is 49.6 cm³/mol. The zero-order chi connectivity index (χ0) is 11.7. The van der Waals surface area contributed by atoms with E-state index in [0.29, 0.717) is 0 Å². The molecule has 0 bridgehead atoms. The molecule has 0 N–H and O–H groups in total. The molecule has 0 aromatic heterocycles. The Bertz CT molecular complexity index is 453. The third-order valence-corrected chi connectivity index (χ3v) is 3.42. The molecule has 1 aromatic carbocycles. The van der Waals surface area contributed by atoms with Gasteiger partial charge in [-0.25, -0.2) is 8.42 Å². The zero-order valence-corrected chi connectivity index (χ0v) is 8.83. The van der Waals surface area contributed by atoms with Crippen LogP contribution in [0.5, 0.6) is 0 Å². The van der Waals surface area contributed by atoms with Gasteiger partial charge in [0, 0.05) is 5.02 Å². The molecule has 0 saturated carbocycles. The van der Waals surface area contributed by atoms with Gasteiger partial charge in [0.05, 0.1) is 4.90 Å². The third-order valence-electron chi connectivity index (χ3n) is 1.51. The lowest BCUT2D eigenvalue weighted by atomic mass is 10.4. The molecule has 0 aliphatic heterocycles. The van der Waals surface area contributed by atoms with E-state index in [4.69, 9.17) is 11.6 Å². The molecular formula is C8H6ClF3O2S. The molecule has 0 spiro atoms. The first-order valence-corrected chi connectivity index (χ1v) is 5.79. The highest BCUT2D eigenvalue weighted by atomic mass is 35.5. The second-order valence-electron chi connectivity index (χ2n) is 2.83. The highest BCUT2D eigenvalue weighted by Crippen LogP contribution is 2.23. The Morgan fingerprint density at radius 3 is 2.33 bits per heavy atom. The van der Waals surface area contributed by atoms with Gasteiger partial charge in [-0.2, -0.15) is 13.2 Å². The van der Waals surface area contributed by atoms with Gasteiger partial charge >= 0.3 is 6.18 Å². The van der Waals surface area contributed by atoms with Gasteiger partial charge < -0.3 is 0 Å². The molecule has 2 nitrogen and oxygen atoms in total. The smallest absolute Gasteiger partial charge is 0.223 e. The van der Waals surface area contributed by atoms with Crippen molar-refractivity contribution in [3.8, 4) is 0 Å². The van der Waals surface area contributed by atoms with Crippen LogP contribution in [0.1, 0.15) is 0 Å². The summed E-state index contributed by atoms with van der Waals surface area (Å²) in [5.41, 5.74) is 0. The van der Waals surface area contributed by atoms with Crippen LogP contribution in [0.3, 0.4) is 0 Å². The van der Waals surface area contributed by atoms with Crippen LogP contribution in [0, 0.1) is 0 Å². The van der Waals surface area contributed by atoms with Crippen molar-refractivity contribution in [1.29, 1.82) is 0 Å². The summed E-state index contributed by atoms with van der Waals surface area (Å²) in [6, 6.07) is 4.73. The van der Waals surface area contributed by atoms with Gasteiger partial charge in [-0.05, 0) is 18.2 Å². The number of rotatable bonds is 2. The first-order valence-electron chi connectivity index (χ1n) is 3.76. The fourth-order valence-electron chi connectivity index (χ4n) is 0.959. The van der Waals surface area contributed by atoms with Gasteiger partial charge in [0.1, 0.15) is 0 Å². The van der Waals surface area contributed by atoms with Crippen LogP contribution in [0.15, 0.2) is 29.2 Å². The van der Waals surface area contributed by atoms with E-state index in [-0.39, 0.29) is 5.02 Å². The topological polar surface area (TPSA) is 34.1 Å². The van der Waals surface area contributed by atoms with Crippen molar-refractivity contribution in [3.05, 3.63) is 29.3 Å². The van der Waals surface area contributed by atoms with Gasteiger partial charge in [-0.1, -0.05) is 17.7 Å². The fraction of sp³-hybridized carbons (Fsp3) is 0.250. The number of benzene rings is 1. The van der Waals surface area contributed by atoms with Crippen LogP contribution < -0.4 is 0 Å². The van der Waals surface area contributed by atoms with Crippen molar-refractivity contribution >= 4 is 21.4 Å². The maximum absolute atomic E-state index is 11.9. The molecule has 0 aliphatic rings. The molecule has 0 saturated heterocycles. The monoisotopic (exact) mass is 258 g/mol. The SMILES string of the molecule is O=S(=O)(CC(F)(F)F)c1cccc(Cl)c1. The van der Waals surface area contributed by atoms with Crippen LogP contribution in [0.2, 0.25) is 5.02 Å². The fourth-order valence-corrected chi connectivity index (χ4v) is 2.40. The molecule has 1 aromatic rings. The molecular weight excluding hydrogens is 253 g/mol. The molecule has 0 radical (unpaired) electrons. The lowest BCUT2D eigenvalue weighted by Crippen LogP contribution is -2.22. The summed E-state index contributed by atoms with van der Waals surface area (Å²) in [5.74, 6) is -1.87. The normalized spacial score (nSPS) is 12.8. The highest BCUT2D eigenvalue weighted by Gasteiger charge is 2.35. The lowest BCUT2D eigenvalue weighted by molar-refractivity contribution is -0.106. The first-order chi connectivity index (χ1) is 6.71. The quantitative estimate of drug-likeness (QED) is 0.817. The van der Waals surface area contributed by atoms with Crippen molar-refractivity contribution in [3.63, 3.8) is 0 Å². The number of halogens is 4. The Labute approximate surface area is 89.6 Å². The molecule has 84 valence electrons. The van der Waals surface area contributed by atoms with Crippen LogP contribution >= 0.6 is 11.6 Å². The molecule has 0 unspecified atom stereocenters. The minimum atomic E-state index is -4.75. The average Bonchev–Trinajstić information content (AvgIpc) is 1.99. The van der Waals surface area contributed by atoms with E-state index in [2.05, 4.69) is 0 Å². The first kappa shape index (κ1) is 12.3. The largest absolute Gasteiger partial charge is 0.403 e. The van der Waals surface area contributed by atoms with E-state index >= 15 is 0 Å². The molecule has 0 atom stereocenters. The van der Waals surface area contributed by atoms with Crippen molar-refractivity contribution in [2.75, 3.05) is 5.75 Å². The van der Waals surface area contributed by atoms with E-state index in [9.17, 15) is 21.6 Å². The maximum atomic E-state index is 11.9. The van der Waals surface area contributed by atoms with Gasteiger partial charge in [0.25, 0.3) is 0 Å². The second kappa shape index (κ2) is 4.02. The molecule has 0 aliphatic carbocycles. The van der Waals surface area contributed by atoms with E-state index in [1.54, 1.807) is 0 Å². The van der Waals surface area contributed by atoms with E-state index < -0.39 is 26.7 Å². The van der Waals surface area contributed by atoms with Crippen LogP contribution in [0.4, 0.5) is 13.2 Å². The number of sulfone groups is 1. The number of alkyl halides is 3. The van der Waals surface area contributed by atoms with Gasteiger partial charge in [0.15, 0.2) is 15.6 Å². The van der Waals surface area contributed by atoms with E-state index in [1.807, 2.05) is 0 Å². The summed E-state index contributed by atoms with van der Waals surface area (Å²) < 4.78 is 58.2. The van der Waals surface area contributed by atoms with E-state index in [1.165, 1.54) is 12.1 Å². The Morgan fingerprint density at radius 2 is 1.87 bits per heavy atom. The van der Waals surface area contributed by atoms with E-state index in [0.717, 1.165) is 12.1 Å². The number of hydrogen-bond donors (Lipinski definition) is 0. The van der Waals surface area contributed by atoms with Crippen molar-refractivity contribution < 1.29 is 21.6 Å². The lowest BCUT2D eigenvalue weighted by Gasteiger charge is -2.07. The van der Waals surface area contributed by atoms with Crippen molar-refractivity contribution in [2.45, 2.75) is 11.1 Å². The molecule has 0 fully saturated rings. The Morgan fingerprint density at radius 1 is 1.27 bits per heavy atom. The van der Waals surface area contributed by atoms with Crippen LogP contribution in [-0.2, 0) is 9.84 Å².